The first-order valence-electron chi connectivity index (χ1n) is 11.8. The number of esters is 1. The molecular weight excluding hydrogens is 456 g/mol. The van der Waals surface area contributed by atoms with Crippen molar-refractivity contribution in [3.8, 4) is 11.5 Å². The van der Waals surface area contributed by atoms with Crippen molar-refractivity contribution >= 4 is 23.2 Å². The maximum absolute atomic E-state index is 13.5. The highest BCUT2D eigenvalue weighted by Crippen LogP contribution is 2.51. The van der Waals surface area contributed by atoms with E-state index in [0.29, 0.717) is 30.2 Å². The van der Waals surface area contributed by atoms with E-state index in [1.807, 2.05) is 13.8 Å². The van der Waals surface area contributed by atoms with E-state index < -0.39 is 22.7 Å². The third-order valence-electron chi connectivity index (χ3n) is 7.06. The number of aliphatic imine (C=N–C) groups is 1. The van der Waals surface area contributed by atoms with Gasteiger partial charge in [0.25, 0.3) is 5.69 Å². The number of ketones is 1. The molecule has 1 aromatic carbocycles. The third kappa shape index (κ3) is 4.31. The molecule has 1 saturated heterocycles. The van der Waals surface area contributed by atoms with Crippen LogP contribution in [0.2, 0.25) is 0 Å². The number of allylic oxidation sites excluding steroid dienone is 1. The Hall–Kier alpha value is -3.27. The number of hydrogen-bond acceptors (Lipinski definition) is 9. The molecule has 0 bridgehead atoms. The summed E-state index contributed by atoms with van der Waals surface area (Å²) < 4.78 is 22.0. The highest BCUT2D eigenvalue weighted by molar-refractivity contribution is 6.12. The molecule has 0 aromatic heterocycles. The molecule has 0 radical (unpaired) electrons. The van der Waals surface area contributed by atoms with Crippen LogP contribution >= 0.6 is 0 Å². The highest BCUT2D eigenvalue weighted by atomic mass is 16.7. The molecule has 5 rings (SSSR count). The summed E-state index contributed by atoms with van der Waals surface area (Å²) >= 11 is 0. The molecule has 35 heavy (non-hydrogen) atoms. The Kier molecular flexibility index (Phi) is 5.86. The summed E-state index contributed by atoms with van der Waals surface area (Å²) in [5.41, 5.74) is 0.873. The number of ether oxygens (including phenoxy) is 4. The summed E-state index contributed by atoms with van der Waals surface area (Å²) in [4.78, 5) is 43.2. The predicted molar refractivity (Wildman–Crippen MR) is 124 cm³/mol. The minimum Gasteiger partial charge on any atom is -0.460 e. The van der Waals surface area contributed by atoms with Crippen LogP contribution in [0.15, 0.2) is 28.4 Å². The largest absolute Gasteiger partial charge is 0.460 e. The van der Waals surface area contributed by atoms with Crippen LogP contribution in [0, 0.1) is 21.4 Å². The fourth-order valence-electron chi connectivity index (χ4n) is 5.57. The number of hydrogen-bond donors (Lipinski definition) is 0. The SMILES string of the molecule is CC1=C(C(=O)OC[C@@H]2CCCO2)[C@H](c2cc3c(cc2[N+](=O)[O-])OCO3)[C@H]2C(=O)CC(C)(C)CC2=N1. The van der Waals surface area contributed by atoms with Crippen LogP contribution in [0.1, 0.15) is 57.9 Å². The van der Waals surface area contributed by atoms with Gasteiger partial charge >= 0.3 is 5.97 Å². The zero-order valence-corrected chi connectivity index (χ0v) is 20.0. The molecule has 0 unspecified atom stereocenters. The number of carbonyl (C=O) groups is 2. The van der Waals surface area contributed by atoms with Crippen LogP contribution in [0.25, 0.3) is 0 Å². The molecule has 10 nitrogen and oxygen atoms in total. The molecular formula is C25H28N2O8. The second-order valence-electron chi connectivity index (χ2n) is 10.3. The lowest BCUT2D eigenvalue weighted by Gasteiger charge is -2.40. The maximum atomic E-state index is 13.5. The first kappa shape index (κ1) is 23.5. The van der Waals surface area contributed by atoms with Gasteiger partial charge in [-0.05, 0) is 37.7 Å². The van der Waals surface area contributed by atoms with Gasteiger partial charge in [-0.2, -0.15) is 0 Å². The minimum atomic E-state index is -0.919. The Morgan fingerprint density at radius 2 is 1.97 bits per heavy atom. The first-order valence-corrected chi connectivity index (χ1v) is 11.8. The van der Waals surface area contributed by atoms with Gasteiger partial charge < -0.3 is 18.9 Å². The van der Waals surface area contributed by atoms with Crippen LogP contribution in [-0.2, 0) is 19.1 Å². The lowest BCUT2D eigenvalue weighted by Crippen LogP contribution is -2.44. The van der Waals surface area contributed by atoms with E-state index in [9.17, 15) is 19.7 Å². The van der Waals surface area contributed by atoms with Gasteiger partial charge in [0.05, 0.1) is 28.6 Å². The van der Waals surface area contributed by atoms with Crippen molar-refractivity contribution in [2.75, 3.05) is 20.0 Å². The van der Waals surface area contributed by atoms with Gasteiger partial charge in [-0.3, -0.25) is 19.9 Å². The molecule has 2 fully saturated rings. The van der Waals surface area contributed by atoms with E-state index in [4.69, 9.17) is 18.9 Å². The molecule has 0 amide bonds. The Labute approximate surface area is 202 Å². The summed E-state index contributed by atoms with van der Waals surface area (Å²) in [5.74, 6) is -1.87. The van der Waals surface area contributed by atoms with E-state index in [1.54, 1.807) is 6.92 Å². The van der Waals surface area contributed by atoms with Gasteiger partial charge in [-0.25, -0.2) is 4.79 Å². The maximum Gasteiger partial charge on any atom is 0.336 e. The number of Topliss-reactive ketones (excluding diaryl/α,β-unsaturated/α-hetero) is 1. The summed E-state index contributed by atoms with van der Waals surface area (Å²) in [6.07, 6.45) is 2.34. The van der Waals surface area contributed by atoms with Crippen LogP contribution in [-0.4, -0.2) is 48.5 Å². The summed E-state index contributed by atoms with van der Waals surface area (Å²) in [7, 11) is 0. The molecule has 3 heterocycles. The number of nitro benzene ring substituents is 1. The molecule has 1 aromatic rings. The number of fused-ring (bicyclic) bond motifs is 2. The quantitative estimate of drug-likeness (QED) is 0.350. The third-order valence-corrected chi connectivity index (χ3v) is 7.06. The van der Waals surface area contributed by atoms with Crippen LogP contribution in [0.4, 0.5) is 5.69 Å². The normalized spacial score (nSPS) is 26.9. The number of carbonyl (C=O) groups excluding carboxylic acids is 2. The Bertz CT molecular complexity index is 1160. The van der Waals surface area contributed by atoms with Crippen molar-refractivity contribution < 1.29 is 33.5 Å². The van der Waals surface area contributed by atoms with Gasteiger partial charge in [-0.1, -0.05) is 13.8 Å². The monoisotopic (exact) mass is 484 g/mol. The van der Waals surface area contributed by atoms with Crippen molar-refractivity contribution in [3.63, 3.8) is 0 Å². The minimum absolute atomic E-state index is 0.0605. The van der Waals surface area contributed by atoms with Gasteiger partial charge in [-0.15, -0.1) is 0 Å². The molecule has 1 aliphatic carbocycles. The first-order chi connectivity index (χ1) is 16.6. The molecule has 0 N–H and O–H groups in total. The Morgan fingerprint density at radius 1 is 1.23 bits per heavy atom. The highest BCUT2D eigenvalue weighted by Gasteiger charge is 2.50. The molecule has 3 atom stereocenters. The van der Waals surface area contributed by atoms with Crippen molar-refractivity contribution in [1.29, 1.82) is 0 Å². The Balaban J connectivity index is 1.62. The lowest BCUT2D eigenvalue weighted by atomic mass is 9.63. The van der Waals surface area contributed by atoms with E-state index in [0.717, 1.165) is 12.8 Å². The number of nitrogens with zero attached hydrogens (tertiary/aromatic N) is 2. The van der Waals surface area contributed by atoms with Crippen LogP contribution in [0.3, 0.4) is 0 Å². The van der Waals surface area contributed by atoms with Gasteiger partial charge in [0, 0.05) is 35.9 Å². The summed E-state index contributed by atoms with van der Waals surface area (Å²) in [6.45, 7) is 6.31. The molecule has 10 heteroatoms. The Morgan fingerprint density at radius 3 is 2.66 bits per heavy atom. The van der Waals surface area contributed by atoms with E-state index in [1.165, 1.54) is 12.1 Å². The lowest BCUT2D eigenvalue weighted by molar-refractivity contribution is -0.385. The van der Waals surface area contributed by atoms with Gasteiger partial charge in [0.15, 0.2) is 11.5 Å². The number of benzene rings is 1. The number of rotatable bonds is 5. The van der Waals surface area contributed by atoms with Crippen molar-refractivity contribution in [3.05, 3.63) is 39.1 Å². The van der Waals surface area contributed by atoms with Crippen LogP contribution in [0.5, 0.6) is 11.5 Å². The van der Waals surface area contributed by atoms with Crippen molar-refractivity contribution in [2.45, 2.75) is 58.5 Å². The average Bonchev–Trinajstić information content (AvgIpc) is 3.46. The summed E-state index contributed by atoms with van der Waals surface area (Å²) in [5, 5.41) is 12.1. The van der Waals surface area contributed by atoms with E-state index in [2.05, 4.69) is 4.99 Å². The second-order valence-corrected chi connectivity index (χ2v) is 10.3. The smallest absolute Gasteiger partial charge is 0.336 e. The van der Waals surface area contributed by atoms with Gasteiger partial charge in [0.1, 0.15) is 12.4 Å². The molecule has 0 spiro atoms. The summed E-state index contributed by atoms with van der Waals surface area (Å²) in [6, 6.07) is 2.81. The second kappa shape index (κ2) is 8.75. The van der Waals surface area contributed by atoms with Crippen molar-refractivity contribution in [2.24, 2.45) is 16.3 Å². The van der Waals surface area contributed by atoms with Crippen molar-refractivity contribution in [1.82, 2.24) is 0 Å². The van der Waals surface area contributed by atoms with E-state index >= 15 is 0 Å². The molecule has 3 aliphatic heterocycles. The topological polar surface area (TPSA) is 127 Å². The fraction of sp³-hybridized carbons (Fsp3) is 0.560. The number of nitro groups is 1. The van der Waals surface area contributed by atoms with Crippen LogP contribution < -0.4 is 9.47 Å². The average molecular weight is 485 g/mol. The standard InChI is InChI=1S/C25H28N2O8/c1-13-21(24(29)33-11-14-5-4-6-32-14)22(23-16(26-13)9-25(2,3)10-18(23)28)15-7-19-20(35-12-34-19)8-17(15)27(30)31/h7-8,14,22-23H,4-6,9-12H2,1-3H3/t14-,22-,23+/m0/s1. The zero-order valence-electron chi connectivity index (χ0n) is 20.0. The molecule has 4 aliphatic rings. The molecule has 186 valence electrons. The predicted octanol–water partition coefficient (Wildman–Crippen LogP) is 3.86. The van der Waals surface area contributed by atoms with Gasteiger partial charge in [0.2, 0.25) is 6.79 Å². The molecule has 1 saturated carbocycles. The van der Waals surface area contributed by atoms with E-state index in [-0.39, 0.29) is 59.7 Å². The fourth-order valence-corrected chi connectivity index (χ4v) is 5.57. The zero-order chi connectivity index (χ0) is 24.9.